The first kappa shape index (κ1) is 38.1. The van der Waals surface area contributed by atoms with E-state index in [0.29, 0.717) is 35.7 Å². The Morgan fingerprint density at radius 3 is 2.19 bits per heavy atom. The first-order valence-electron chi connectivity index (χ1n) is 17.2. The van der Waals surface area contributed by atoms with E-state index in [0.717, 1.165) is 22.0 Å². The monoisotopic (exact) mass is 715 g/mol. The van der Waals surface area contributed by atoms with Crippen molar-refractivity contribution < 1.29 is 38.4 Å². The first-order valence-corrected chi connectivity index (χ1v) is 17.2. The zero-order chi connectivity index (χ0) is 37.7. The smallest absolute Gasteiger partial charge is 0.325 e. The van der Waals surface area contributed by atoms with Crippen molar-refractivity contribution >= 4 is 28.7 Å². The molecule has 13 heteroatoms. The van der Waals surface area contributed by atoms with E-state index in [9.17, 15) is 19.5 Å². The predicted molar refractivity (Wildman–Crippen MR) is 196 cm³/mol. The van der Waals surface area contributed by atoms with Gasteiger partial charge in [-0.05, 0) is 69.9 Å². The summed E-state index contributed by atoms with van der Waals surface area (Å²) in [6, 6.07) is 18.1. The van der Waals surface area contributed by atoms with Gasteiger partial charge in [0.25, 0.3) is 5.91 Å². The van der Waals surface area contributed by atoms with E-state index in [1.807, 2.05) is 60.8 Å². The second-order valence-corrected chi connectivity index (χ2v) is 14.0. The number of methoxy groups -OCH3 is 3. The molecule has 3 aromatic carbocycles. The van der Waals surface area contributed by atoms with Crippen molar-refractivity contribution in [3.8, 4) is 17.2 Å². The number of likely N-dealkylation sites (N-methyl/N-ethyl adjacent to an activating group) is 1. The number of carboxylic acid groups (broad SMARTS) is 1. The number of aliphatic carboxylic acids is 1. The topological polar surface area (TPSA) is 146 Å². The SMILES string of the molecule is COc1cc(C(=O)N(C)C[C@H](Cc2ccccc2)N(NN2[C@H](C(=O)O)[C@@H]2Cc2c[nH]c3ccccc23)[C@@H](C)C(=O)OC(C)(C)C)cc(OC)c1OC. The van der Waals surface area contributed by atoms with Crippen molar-refractivity contribution in [3.63, 3.8) is 0 Å². The number of aromatic nitrogens is 1. The van der Waals surface area contributed by atoms with Crippen LogP contribution in [0, 0.1) is 0 Å². The number of amides is 1. The van der Waals surface area contributed by atoms with Crippen LogP contribution in [0.3, 0.4) is 0 Å². The largest absolute Gasteiger partial charge is 0.493 e. The average Bonchev–Trinajstić information content (AvgIpc) is 3.65. The molecule has 1 amide bonds. The van der Waals surface area contributed by atoms with Gasteiger partial charge in [0.2, 0.25) is 5.75 Å². The minimum Gasteiger partial charge on any atom is -0.493 e. The number of H-pyrrole nitrogens is 1. The summed E-state index contributed by atoms with van der Waals surface area (Å²) in [5.74, 6) is -0.779. The van der Waals surface area contributed by atoms with E-state index in [4.69, 9.17) is 18.9 Å². The van der Waals surface area contributed by atoms with Crippen molar-refractivity contribution in [1.29, 1.82) is 0 Å². The molecule has 52 heavy (non-hydrogen) atoms. The number of nitrogens with one attached hydrogen (secondary N) is 2. The molecular formula is C39H49N5O8. The Morgan fingerprint density at radius 1 is 0.962 bits per heavy atom. The summed E-state index contributed by atoms with van der Waals surface area (Å²) in [5, 5.41) is 14.7. The van der Waals surface area contributed by atoms with E-state index in [2.05, 4.69) is 10.5 Å². The number of carbonyl (C=O) groups excluding carboxylic acids is 2. The molecule has 0 radical (unpaired) electrons. The number of hydrogen-bond acceptors (Lipinski definition) is 10. The molecule has 1 unspecified atom stereocenters. The molecule has 4 aromatic rings. The highest BCUT2D eigenvalue weighted by molar-refractivity contribution is 5.95. The number of nitrogens with zero attached hydrogens (tertiary/aromatic N) is 3. The lowest BCUT2D eigenvalue weighted by Crippen LogP contribution is -2.60. The molecule has 0 aliphatic carbocycles. The minimum absolute atomic E-state index is 0.142. The third-order valence-corrected chi connectivity index (χ3v) is 9.14. The number of hydrogen-bond donors (Lipinski definition) is 3. The molecule has 5 atom stereocenters. The molecule has 0 spiro atoms. The fraction of sp³-hybridized carbons (Fsp3) is 0.410. The van der Waals surface area contributed by atoms with Crippen LogP contribution in [0.25, 0.3) is 10.9 Å². The second-order valence-electron chi connectivity index (χ2n) is 14.0. The number of para-hydroxylation sites is 1. The van der Waals surface area contributed by atoms with Gasteiger partial charge >= 0.3 is 11.9 Å². The van der Waals surface area contributed by atoms with E-state index < -0.39 is 41.7 Å². The lowest BCUT2D eigenvalue weighted by atomic mass is 10.0. The normalized spacial score (nSPS) is 18.1. The van der Waals surface area contributed by atoms with Crippen LogP contribution in [0.2, 0.25) is 0 Å². The summed E-state index contributed by atoms with van der Waals surface area (Å²) < 4.78 is 22.3. The lowest BCUT2D eigenvalue weighted by Gasteiger charge is -2.39. The van der Waals surface area contributed by atoms with Gasteiger partial charge in [0.15, 0.2) is 11.5 Å². The van der Waals surface area contributed by atoms with Gasteiger partial charge in [-0.2, -0.15) is 5.53 Å². The van der Waals surface area contributed by atoms with Crippen LogP contribution < -0.4 is 19.7 Å². The Balaban J connectivity index is 1.49. The quantitative estimate of drug-likeness (QED) is 0.0843. The molecule has 3 N–H and O–H groups in total. The minimum atomic E-state index is -0.989. The highest BCUT2D eigenvalue weighted by Gasteiger charge is 2.55. The summed E-state index contributed by atoms with van der Waals surface area (Å²) in [5.41, 5.74) is 5.78. The second kappa shape index (κ2) is 16.1. The maximum Gasteiger partial charge on any atom is 0.325 e. The molecular weight excluding hydrogens is 666 g/mol. The maximum absolute atomic E-state index is 14.0. The molecule has 13 nitrogen and oxygen atoms in total. The third kappa shape index (κ3) is 8.67. The molecule has 1 saturated heterocycles. The Kier molecular flexibility index (Phi) is 11.8. The van der Waals surface area contributed by atoms with Crippen LogP contribution in [0.15, 0.2) is 72.9 Å². The van der Waals surface area contributed by atoms with Gasteiger partial charge in [-0.1, -0.05) is 48.5 Å². The first-order chi connectivity index (χ1) is 24.8. The summed E-state index contributed by atoms with van der Waals surface area (Å²) in [6.07, 6.45) is 2.77. The Bertz CT molecular complexity index is 1850. The molecule has 278 valence electrons. The Hall–Kier alpha value is -5.11. The summed E-state index contributed by atoms with van der Waals surface area (Å²) >= 11 is 0. The van der Waals surface area contributed by atoms with Crippen molar-refractivity contribution in [2.75, 3.05) is 34.9 Å². The van der Waals surface area contributed by atoms with E-state index in [1.54, 1.807) is 61.8 Å². The zero-order valence-electron chi connectivity index (χ0n) is 31.0. The Morgan fingerprint density at radius 2 is 1.60 bits per heavy atom. The number of esters is 1. The number of rotatable bonds is 16. The zero-order valence-corrected chi connectivity index (χ0v) is 31.0. The van der Waals surface area contributed by atoms with Gasteiger partial charge in [0.1, 0.15) is 17.7 Å². The molecule has 1 aliphatic rings. The van der Waals surface area contributed by atoms with Crippen LogP contribution in [-0.4, -0.2) is 108 Å². The van der Waals surface area contributed by atoms with Crippen LogP contribution in [0.1, 0.15) is 49.2 Å². The molecule has 1 fully saturated rings. The van der Waals surface area contributed by atoms with Crippen molar-refractivity contribution in [3.05, 3.63) is 89.6 Å². The van der Waals surface area contributed by atoms with Gasteiger partial charge in [0, 0.05) is 42.3 Å². The van der Waals surface area contributed by atoms with E-state index in [1.165, 1.54) is 21.3 Å². The third-order valence-electron chi connectivity index (χ3n) is 9.14. The number of carboxylic acids is 1. The number of aromatic amines is 1. The van der Waals surface area contributed by atoms with E-state index >= 15 is 0 Å². The number of fused-ring (bicyclic) bond motifs is 1. The molecule has 0 saturated carbocycles. The fourth-order valence-corrected chi connectivity index (χ4v) is 6.52. The van der Waals surface area contributed by atoms with Crippen molar-refractivity contribution in [2.45, 2.75) is 70.3 Å². The average molecular weight is 716 g/mol. The van der Waals surface area contributed by atoms with E-state index in [-0.39, 0.29) is 12.5 Å². The standard InChI is InChI=1S/C39H49N5O8/c1-24(38(48)52-39(2,3)4)43(41-44-31(34(44)37(46)47)19-27-22-40-30-17-13-12-16-29(27)30)28(18-25-14-10-9-11-15-25)23-42(5)36(45)26-20-32(49-6)35(51-8)33(21-26)50-7/h9-17,20-22,24,28,31,34,40-41H,18-19,23H2,1-8H3,(H,46,47)/t24-,28-,31-,34-,44?/m0/s1. The van der Waals surface area contributed by atoms with Gasteiger partial charge < -0.3 is 33.9 Å². The van der Waals surface area contributed by atoms with Crippen LogP contribution in [-0.2, 0) is 27.2 Å². The molecule has 1 aromatic heterocycles. The fourth-order valence-electron chi connectivity index (χ4n) is 6.52. The highest BCUT2D eigenvalue weighted by Crippen LogP contribution is 2.38. The molecule has 2 heterocycles. The number of ether oxygens (including phenoxy) is 4. The highest BCUT2D eigenvalue weighted by atomic mass is 16.6. The van der Waals surface area contributed by atoms with Gasteiger partial charge in [0.05, 0.1) is 27.4 Å². The van der Waals surface area contributed by atoms with Crippen molar-refractivity contribution in [1.82, 2.24) is 25.4 Å². The van der Waals surface area contributed by atoms with Crippen LogP contribution in [0.4, 0.5) is 0 Å². The van der Waals surface area contributed by atoms with Crippen LogP contribution >= 0.6 is 0 Å². The number of carbonyl (C=O) groups is 3. The molecule has 0 bridgehead atoms. The van der Waals surface area contributed by atoms with Gasteiger partial charge in [-0.25, -0.2) is 10.0 Å². The number of hydrazine groups is 2. The number of benzene rings is 3. The van der Waals surface area contributed by atoms with Gasteiger partial charge in [-0.3, -0.25) is 14.4 Å². The van der Waals surface area contributed by atoms with Crippen LogP contribution in [0.5, 0.6) is 17.2 Å². The predicted octanol–water partition coefficient (Wildman–Crippen LogP) is 4.71. The lowest BCUT2D eigenvalue weighted by molar-refractivity contribution is -0.165. The summed E-state index contributed by atoms with van der Waals surface area (Å²) in [4.78, 5) is 45.2. The summed E-state index contributed by atoms with van der Waals surface area (Å²) in [7, 11) is 6.13. The Labute approximate surface area is 304 Å². The molecule has 5 rings (SSSR count). The maximum atomic E-state index is 14.0. The van der Waals surface area contributed by atoms with Crippen molar-refractivity contribution in [2.24, 2.45) is 0 Å². The summed E-state index contributed by atoms with van der Waals surface area (Å²) in [6.45, 7) is 7.24. The van der Waals surface area contributed by atoms with Gasteiger partial charge in [-0.15, -0.1) is 0 Å². The molecule has 1 aliphatic heterocycles.